The van der Waals surface area contributed by atoms with Gasteiger partial charge < -0.3 is 5.32 Å². The fourth-order valence-electron chi connectivity index (χ4n) is 3.25. The van der Waals surface area contributed by atoms with E-state index in [-0.39, 0.29) is 0 Å². The number of aromatic nitrogens is 1. The quantitative estimate of drug-likeness (QED) is 0.852. The van der Waals surface area contributed by atoms with E-state index in [1.54, 1.807) is 0 Å². The van der Waals surface area contributed by atoms with Crippen LogP contribution in [-0.4, -0.2) is 11.0 Å². The molecule has 0 aromatic carbocycles. The molecule has 1 N–H and O–H groups in total. The van der Waals surface area contributed by atoms with Crippen molar-refractivity contribution in [3.8, 4) is 0 Å². The van der Waals surface area contributed by atoms with Crippen molar-refractivity contribution in [1.82, 2.24) is 4.98 Å². The van der Waals surface area contributed by atoms with E-state index in [0.717, 1.165) is 5.82 Å². The predicted octanol–water partition coefficient (Wildman–Crippen LogP) is 3.95. The topological polar surface area (TPSA) is 24.9 Å². The largest absolute Gasteiger partial charge is 0.367 e. The van der Waals surface area contributed by atoms with Crippen LogP contribution in [0.4, 0.5) is 5.82 Å². The molecule has 1 fully saturated rings. The Bertz CT molecular complexity index is 427. The summed E-state index contributed by atoms with van der Waals surface area (Å²) in [5.41, 5.74) is 3.34. The molecule has 0 spiro atoms. The van der Waals surface area contributed by atoms with Crippen LogP contribution in [0.2, 0.25) is 0 Å². The number of fused-ring (bicyclic) bond motifs is 1. The van der Waals surface area contributed by atoms with E-state index in [9.17, 15) is 0 Å². The van der Waals surface area contributed by atoms with Crippen molar-refractivity contribution >= 4 is 5.82 Å². The molecule has 0 saturated heterocycles. The van der Waals surface area contributed by atoms with Gasteiger partial charge in [0.05, 0.1) is 0 Å². The first-order valence-electron chi connectivity index (χ1n) is 7.38. The second-order valence-corrected chi connectivity index (χ2v) is 6.74. The molecule has 0 atom stereocenters. The van der Waals surface area contributed by atoms with Crippen molar-refractivity contribution in [1.29, 1.82) is 0 Å². The minimum Gasteiger partial charge on any atom is -0.367 e. The highest BCUT2D eigenvalue weighted by Crippen LogP contribution is 2.36. The molecule has 0 bridgehead atoms. The average molecular weight is 244 g/mol. The molecule has 2 aliphatic carbocycles. The lowest BCUT2D eigenvalue weighted by Crippen LogP contribution is -2.30. The Kier molecular flexibility index (Phi) is 3.04. The first-order chi connectivity index (χ1) is 8.62. The summed E-state index contributed by atoms with van der Waals surface area (Å²) >= 11 is 0. The summed E-state index contributed by atoms with van der Waals surface area (Å²) in [5.74, 6) is 1.10. The van der Waals surface area contributed by atoms with Gasteiger partial charge in [-0.2, -0.15) is 0 Å². The summed E-state index contributed by atoms with van der Waals surface area (Å²) in [7, 11) is 0. The molecule has 1 heterocycles. The van der Waals surface area contributed by atoms with Gasteiger partial charge in [-0.25, -0.2) is 4.98 Å². The van der Waals surface area contributed by atoms with Crippen LogP contribution in [0.1, 0.15) is 57.2 Å². The SMILES string of the molecule is CC1(C)CCC(Nc2ccc3c(n2)CCC3)CC1. The van der Waals surface area contributed by atoms with Gasteiger partial charge in [0.1, 0.15) is 5.82 Å². The van der Waals surface area contributed by atoms with Crippen LogP contribution in [0, 0.1) is 5.41 Å². The lowest BCUT2D eigenvalue weighted by atomic mass is 9.75. The van der Waals surface area contributed by atoms with Crippen LogP contribution in [-0.2, 0) is 12.8 Å². The summed E-state index contributed by atoms with van der Waals surface area (Å²) in [6.45, 7) is 4.77. The number of nitrogens with one attached hydrogen (secondary N) is 1. The number of anilines is 1. The number of hydrogen-bond donors (Lipinski definition) is 1. The lowest BCUT2D eigenvalue weighted by molar-refractivity contribution is 0.232. The summed E-state index contributed by atoms with van der Waals surface area (Å²) in [5, 5.41) is 3.64. The Morgan fingerprint density at radius 3 is 2.72 bits per heavy atom. The Morgan fingerprint density at radius 2 is 1.94 bits per heavy atom. The fourth-order valence-corrected chi connectivity index (χ4v) is 3.25. The van der Waals surface area contributed by atoms with E-state index in [4.69, 9.17) is 4.98 Å². The standard InChI is InChI=1S/C16H24N2/c1-16(2)10-8-13(9-11-16)17-15-7-6-12-4-3-5-14(12)18-15/h6-7,13H,3-5,8-11H2,1-2H3,(H,17,18). The molecule has 0 aliphatic heterocycles. The van der Waals surface area contributed by atoms with E-state index in [1.165, 1.54) is 56.2 Å². The second-order valence-electron chi connectivity index (χ2n) is 6.74. The van der Waals surface area contributed by atoms with Crippen molar-refractivity contribution < 1.29 is 0 Å². The van der Waals surface area contributed by atoms with Gasteiger partial charge in [0.2, 0.25) is 0 Å². The maximum absolute atomic E-state index is 4.77. The number of rotatable bonds is 2. The summed E-state index contributed by atoms with van der Waals surface area (Å²) in [4.78, 5) is 4.77. The number of aryl methyl sites for hydroxylation is 2. The molecule has 0 radical (unpaired) electrons. The molecule has 1 saturated carbocycles. The highest BCUT2D eigenvalue weighted by Gasteiger charge is 2.26. The van der Waals surface area contributed by atoms with Crippen LogP contribution in [0.5, 0.6) is 0 Å². The molecule has 2 heteroatoms. The Morgan fingerprint density at radius 1 is 1.17 bits per heavy atom. The van der Waals surface area contributed by atoms with Gasteiger partial charge in [0.25, 0.3) is 0 Å². The Hall–Kier alpha value is -1.05. The highest BCUT2D eigenvalue weighted by molar-refractivity contribution is 5.41. The molecule has 98 valence electrons. The monoisotopic (exact) mass is 244 g/mol. The normalized spacial score (nSPS) is 22.8. The minimum absolute atomic E-state index is 0.545. The maximum Gasteiger partial charge on any atom is 0.126 e. The van der Waals surface area contributed by atoms with E-state index in [0.29, 0.717) is 11.5 Å². The Labute approximate surface area is 110 Å². The number of nitrogens with zero attached hydrogens (tertiary/aromatic N) is 1. The van der Waals surface area contributed by atoms with Crippen molar-refractivity contribution in [2.45, 2.75) is 64.8 Å². The summed E-state index contributed by atoms with van der Waals surface area (Å²) < 4.78 is 0. The van der Waals surface area contributed by atoms with Gasteiger partial charge in [0.15, 0.2) is 0 Å². The first kappa shape index (κ1) is 12.0. The van der Waals surface area contributed by atoms with E-state index in [1.807, 2.05) is 0 Å². The first-order valence-corrected chi connectivity index (χ1v) is 7.38. The molecule has 1 aromatic rings. The van der Waals surface area contributed by atoms with Gasteiger partial charge in [-0.15, -0.1) is 0 Å². The van der Waals surface area contributed by atoms with Gasteiger partial charge in [-0.05, 0) is 62.0 Å². The number of hydrogen-bond acceptors (Lipinski definition) is 2. The smallest absolute Gasteiger partial charge is 0.126 e. The predicted molar refractivity (Wildman–Crippen MR) is 75.9 cm³/mol. The Balaban J connectivity index is 1.63. The third kappa shape index (κ3) is 2.52. The van der Waals surface area contributed by atoms with Gasteiger partial charge >= 0.3 is 0 Å². The molecule has 18 heavy (non-hydrogen) atoms. The van der Waals surface area contributed by atoms with Gasteiger partial charge in [-0.3, -0.25) is 0 Å². The second kappa shape index (κ2) is 4.56. The van der Waals surface area contributed by atoms with Crippen LogP contribution < -0.4 is 5.32 Å². The van der Waals surface area contributed by atoms with Crippen LogP contribution in [0.25, 0.3) is 0 Å². The zero-order valence-corrected chi connectivity index (χ0v) is 11.6. The molecular formula is C16H24N2. The molecule has 0 amide bonds. The van der Waals surface area contributed by atoms with Crippen molar-refractivity contribution in [2.24, 2.45) is 5.41 Å². The molecule has 3 rings (SSSR count). The van der Waals surface area contributed by atoms with Gasteiger partial charge in [0, 0.05) is 11.7 Å². The van der Waals surface area contributed by atoms with Gasteiger partial charge in [-0.1, -0.05) is 19.9 Å². The highest BCUT2D eigenvalue weighted by atomic mass is 15.0. The van der Waals surface area contributed by atoms with Crippen LogP contribution in [0.3, 0.4) is 0 Å². The number of pyridine rings is 1. The molecule has 1 aromatic heterocycles. The minimum atomic E-state index is 0.545. The summed E-state index contributed by atoms with van der Waals surface area (Å²) in [6.07, 6.45) is 8.90. The van der Waals surface area contributed by atoms with E-state index >= 15 is 0 Å². The molecular weight excluding hydrogens is 220 g/mol. The fraction of sp³-hybridized carbons (Fsp3) is 0.688. The van der Waals surface area contributed by atoms with E-state index in [2.05, 4.69) is 31.3 Å². The van der Waals surface area contributed by atoms with E-state index < -0.39 is 0 Å². The average Bonchev–Trinajstić information content (AvgIpc) is 2.79. The van der Waals surface area contributed by atoms with Crippen LogP contribution in [0.15, 0.2) is 12.1 Å². The van der Waals surface area contributed by atoms with Crippen molar-refractivity contribution in [3.05, 3.63) is 23.4 Å². The summed E-state index contributed by atoms with van der Waals surface area (Å²) in [6, 6.07) is 5.07. The molecule has 2 nitrogen and oxygen atoms in total. The van der Waals surface area contributed by atoms with Crippen molar-refractivity contribution in [3.63, 3.8) is 0 Å². The molecule has 2 aliphatic rings. The molecule has 0 unspecified atom stereocenters. The maximum atomic E-state index is 4.77. The van der Waals surface area contributed by atoms with Crippen LogP contribution >= 0.6 is 0 Å². The zero-order valence-electron chi connectivity index (χ0n) is 11.6. The van der Waals surface area contributed by atoms with Crippen molar-refractivity contribution in [2.75, 3.05) is 5.32 Å². The zero-order chi connectivity index (χ0) is 12.6. The third-order valence-corrected chi connectivity index (χ3v) is 4.62. The third-order valence-electron chi connectivity index (χ3n) is 4.62. The lowest BCUT2D eigenvalue weighted by Gasteiger charge is -2.34.